The zero-order chi connectivity index (χ0) is 12.6. The number of benzene rings is 1. The minimum atomic E-state index is 0.414. The number of halogens is 2. The van der Waals surface area contributed by atoms with Crippen molar-refractivity contribution in [2.75, 3.05) is 12.8 Å². The first-order valence-corrected chi connectivity index (χ1v) is 5.55. The summed E-state index contributed by atoms with van der Waals surface area (Å²) in [6, 6.07) is 3.25. The molecule has 0 saturated carbocycles. The number of nitrogens with two attached hydrogens (primary N) is 1. The molecule has 17 heavy (non-hydrogen) atoms. The summed E-state index contributed by atoms with van der Waals surface area (Å²) in [5.41, 5.74) is 7.49. The second-order valence-electron chi connectivity index (χ2n) is 3.48. The second-order valence-corrected chi connectivity index (χ2v) is 4.29. The number of hydrogen-bond acceptors (Lipinski definition) is 4. The molecule has 1 heterocycles. The van der Waals surface area contributed by atoms with Crippen LogP contribution in [0.3, 0.4) is 0 Å². The molecule has 0 aliphatic rings. The fourth-order valence-corrected chi connectivity index (χ4v) is 1.91. The minimum absolute atomic E-state index is 0.414. The smallest absolute Gasteiger partial charge is 0.191 e. The van der Waals surface area contributed by atoms with E-state index in [0.29, 0.717) is 38.5 Å². The number of aromatic nitrogens is 1. The number of nitrogens with zero attached hydrogens (tertiary/aromatic N) is 1. The van der Waals surface area contributed by atoms with Gasteiger partial charge in [-0.15, -0.1) is 0 Å². The van der Waals surface area contributed by atoms with Crippen LogP contribution in [0.25, 0.3) is 11.3 Å². The van der Waals surface area contributed by atoms with Crippen LogP contribution >= 0.6 is 23.2 Å². The Morgan fingerprint density at radius 1 is 1.29 bits per heavy atom. The Balaban J connectivity index is 2.60. The average Bonchev–Trinajstić information content (AvgIpc) is 2.63. The SMILES string of the molecule is COc1cc(Cl)c(-c2onc(C)c2N)cc1Cl. The van der Waals surface area contributed by atoms with Crippen LogP contribution in [0, 0.1) is 6.92 Å². The lowest BCUT2D eigenvalue weighted by molar-refractivity contribution is 0.414. The van der Waals surface area contributed by atoms with Crippen LogP contribution in [-0.4, -0.2) is 12.3 Å². The minimum Gasteiger partial charge on any atom is -0.495 e. The van der Waals surface area contributed by atoms with Gasteiger partial charge in [-0.25, -0.2) is 0 Å². The highest BCUT2D eigenvalue weighted by atomic mass is 35.5. The van der Waals surface area contributed by atoms with Crippen molar-refractivity contribution in [2.24, 2.45) is 0 Å². The van der Waals surface area contributed by atoms with E-state index in [2.05, 4.69) is 5.16 Å². The van der Waals surface area contributed by atoms with Gasteiger partial charge >= 0.3 is 0 Å². The maximum atomic E-state index is 6.11. The standard InChI is InChI=1S/C11H10Cl2N2O2/c1-5-10(14)11(17-15-5)6-3-8(13)9(16-2)4-7(6)12/h3-4H,14H2,1-2H3. The van der Waals surface area contributed by atoms with Crippen LogP contribution in [0.5, 0.6) is 5.75 Å². The lowest BCUT2D eigenvalue weighted by atomic mass is 10.1. The molecule has 0 saturated heterocycles. The molecular weight excluding hydrogens is 263 g/mol. The van der Waals surface area contributed by atoms with Crippen LogP contribution in [0.4, 0.5) is 5.69 Å². The van der Waals surface area contributed by atoms with E-state index in [9.17, 15) is 0 Å². The number of methoxy groups -OCH3 is 1. The van der Waals surface area contributed by atoms with E-state index in [0.717, 1.165) is 0 Å². The van der Waals surface area contributed by atoms with Crippen LogP contribution < -0.4 is 10.5 Å². The van der Waals surface area contributed by atoms with Gasteiger partial charge in [-0.2, -0.15) is 0 Å². The second kappa shape index (κ2) is 4.47. The third-order valence-electron chi connectivity index (χ3n) is 2.39. The molecule has 2 N–H and O–H groups in total. The predicted octanol–water partition coefficient (Wildman–Crippen LogP) is 3.55. The first-order valence-electron chi connectivity index (χ1n) is 4.79. The van der Waals surface area contributed by atoms with Crippen molar-refractivity contribution in [2.45, 2.75) is 6.92 Å². The van der Waals surface area contributed by atoms with Crippen molar-refractivity contribution in [3.05, 3.63) is 27.9 Å². The molecule has 1 aromatic carbocycles. The normalized spacial score (nSPS) is 10.6. The van der Waals surface area contributed by atoms with Crippen molar-refractivity contribution in [1.29, 1.82) is 0 Å². The number of ether oxygens (including phenoxy) is 1. The van der Waals surface area contributed by atoms with E-state index in [1.807, 2.05) is 0 Å². The zero-order valence-corrected chi connectivity index (χ0v) is 10.8. The number of anilines is 1. The molecule has 0 atom stereocenters. The van der Waals surface area contributed by atoms with E-state index in [-0.39, 0.29) is 0 Å². The molecule has 6 heteroatoms. The Kier molecular flexibility index (Phi) is 3.17. The third-order valence-corrected chi connectivity index (χ3v) is 3.00. The van der Waals surface area contributed by atoms with Crippen molar-refractivity contribution in [3.8, 4) is 17.1 Å². The maximum absolute atomic E-state index is 6.11. The summed E-state index contributed by atoms with van der Waals surface area (Å²) < 4.78 is 10.2. The maximum Gasteiger partial charge on any atom is 0.191 e. The summed E-state index contributed by atoms with van der Waals surface area (Å²) in [6.07, 6.45) is 0. The van der Waals surface area contributed by atoms with Gasteiger partial charge in [0.05, 0.1) is 17.2 Å². The van der Waals surface area contributed by atoms with Gasteiger partial charge in [-0.3, -0.25) is 0 Å². The molecule has 0 bridgehead atoms. The van der Waals surface area contributed by atoms with Crippen LogP contribution in [0.1, 0.15) is 5.69 Å². The van der Waals surface area contributed by atoms with Crippen molar-refractivity contribution in [3.63, 3.8) is 0 Å². The molecule has 0 aliphatic heterocycles. The van der Waals surface area contributed by atoms with Gasteiger partial charge in [0.15, 0.2) is 5.76 Å². The summed E-state index contributed by atoms with van der Waals surface area (Å²) in [4.78, 5) is 0. The summed E-state index contributed by atoms with van der Waals surface area (Å²) in [6.45, 7) is 1.75. The Morgan fingerprint density at radius 3 is 2.53 bits per heavy atom. The lowest BCUT2D eigenvalue weighted by Crippen LogP contribution is -1.90. The molecular formula is C11H10Cl2N2O2. The first-order chi connectivity index (χ1) is 8.04. The highest BCUT2D eigenvalue weighted by molar-refractivity contribution is 6.36. The summed E-state index contributed by atoms with van der Waals surface area (Å²) in [5, 5.41) is 4.64. The molecule has 0 unspecified atom stereocenters. The highest BCUT2D eigenvalue weighted by Crippen LogP contribution is 2.39. The van der Waals surface area contributed by atoms with E-state index >= 15 is 0 Å². The highest BCUT2D eigenvalue weighted by Gasteiger charge is 2.17. The number of aryl methyl sites for hydroxylation is 1. The fourth-order valence-electron chi connectivity index (χ4n) is 1.43. The first kappa shape index (κ1) is 12.1. The van der Waals surface area contributed by atoms with E-state index < -0.39 is 0 Å². The predicted molar refractivity (Wildman–Crippen MR) is 67.7 cm³/mol. The Bertz CT molecular complexity index is 567. The number of rotatable bonds is 2. The average molecular weight is 273 g/mol. The molecule has 0 fully saturated rings. The van der Waals surface area contributed by atoms with Crippen LogP contribution in [-0.2, 0) is 0 Å². The summed E-state index contributed by atoms with van der Waals surface area (Å²) >= 11 is 12.1. The third kappa shape index (κ3) is 2.06. The van der Waals surface area contributed by atoms with Gasteiger partial charge in [-0.1, -0.05) is 28.4 Å². The van der Waals surface area contributed by atoms with E-state index in [1.165, 1.54) is 7.11 Å². The van der Waals surface area contributed by atoms with Crippen LogP contribution in [0.2, 0.25) is 10.0 Å². The Morgan fingerprint density at radius 2 is 2.00 bits per heavy atom. The van der Waals surface area contributed by atoms with Crippen LogP contribution in [0.15, 0.2) is 16.7 Å². The molecule has 2 aromatic rings. The molecule has 0 amide bonds. The number of hydrogen-bond donors (Lipinski definition) is 1. The van der Waals surface area contributed by atoms with E-state index in [4.69, 9.17) is 38.2 Å². The van der Waals surface area contributed by atoms with Crippen molar-refractivity contribution >= 4 is 28.9 Å². The molecule has 2 rings (SSSR count). The van der Waals surface area contributed by atoms with Crippen molar-refractivity contribution in [1.82, 2.24) is 5.16 Å². The zero-order valence-electron chi connectivity index (χ0n) is 9.25. The molecule has 1 aromatic heterocycles. The summed E-state index contributed by atoms with van der Waals surface area (Å²) in [5.74, 6) is 0.910. The molecule has 90 valence electrons. The van der Waals surface area contributed by atoms with Crippen molar-refractivity contribution < 1.29 is 9.26 Å². The number of nitrogen functional groups attached to an aromatic ring is 1. The summed E-state index contributed by atoms with van der Waals surface area (Å²) in [7, 11) is 1.52. The van der Waals surface area contributed by atoms with Gasteiger partial charge < -0.3 is 15.0 Å². The Hall–Kier alpha value is -1.39. The quantitative estimate of drug-likeness (QED) is 0.908. The van der Waals surface area contributed by atoms with Gasteiger partial charge in [0.25, 0.3) is 0 Å². The lowest BCUT2D eigenvalue weighted by Gasteiger charge is -2.07. The molecule has 0 spiro atoms. The van der Waals surface area contributed by atoms with Gasteiger partial charge in [-0.05, 0) is 13.0 Å². The van der Waals surface area contributed by atoms with E-state index in [1.54, 1.807) is 19.1 Å². The fraction of sp³-hybridized carbons (Fsp3) is 0.182. The van der Waals surface area contributed by atoms with Gasteiger partial charge in [0.2, 0.25) is 0 Å². The monoisotopic (exact) mass is 272 g/mol. The molecule has 0 radical (unpaired) electrons. The topological polar surface area (TPSA) is 61.3 Å². The Labute approximate surface area is 108 Å². The molecule has 4 nitrogen and oxygen atoms in total. The largest absolute Gasteiger partial charge is 0.495 e. The van der Waals surface area contributed by atoms with Gasteiger partial charge in [0, 0.05) is 11.6 Å². The molecule has 0 aliphatic carbocycles. The van der Waals surface area contributed by atoms with Gasteiger partial charge in [0.1, 0.15) is 17.1 Å².